The van der Waals surface area contributed by atoms with Crippen LogP contribution in [-0.4, -0.2) is 4.98 Å². The fourth-order valence-electron chi connectivity index (χ4n) is 1.63. The Morgan fingerprint density at radius 1 is 1.18 bits per heavy atom. The minimum atomic E-state index is -0.259. The fourth-order valence-corrected chi connectivity index (χ4v) is 1.63. The minimum Gasteiger partial charge on any atom is -0.396 e. The largest absolute Gasteiger partial charge is 0.396 e. The fraction of sp³-hybridized carbons (Fsp3) is 0.154. The van der Waals surface area contributed by atoms with Crippen molar-refractivity contribution in [3.63, 3.8) is 0 Å². The number of nitrogens with one attached hydrogen (secondary N) is 1. The lowest BCUT2D eigenvalue weighted by molar-refractivity contribution is 0.628. The van der Waals surface area contributed by atoms with Gasteiger partial charge in [0.25, 0.3) is 0 Å². The van der Waals surface area contributed by atoms with E-state index < -0.39 is 0 Å². The van der Waals surface area contributed by atoms with Crippen LogP contribution in [0, 0.1) is 19.7 Å². The van der Waals surface area contributed by atoms with Crippen molar-refractivity contribution < 1.29 is 4.39 Å². The number of aryl methyl sites for hydroxylation is 2. The van der Waals surface area contributed by atoms with Gasteiger partial charge in [-0.05, 0) is 44.2 Å². The van der Waals surface area contributed by atoms with Gasteiger partial charge in [-0.15, -0.1) is 0 Å². The molecule has 0 radical (unpaired) electrons. The summed E-state index contributed by atoms with van der Waals surface area (Å²) in [7, 11) is 0. The predicted octanol–water partition coefficient (Wildman–Crippen LogP) is 3.16. The number of anilines is 3. The normalized spacial score (nSPS) is 10.3. The Morgan fingerprint density at radius 2 is 1.82 bits per heavy atom. The van der Waals surface area contributed by atoms with Gasteiger partial charge in [-0.2, -0.15) is 0 Å². The first-order valence-corrected chi connectivity index (χ1v) is 5.32. The van der Waals surface area contributed by atoms with Crippen molar-refractivity contribution in [2.45, 2.75) is 13.8 Å². The van der Waals surface area contributed by atoms with Gasteiger partial charge in [-0.25, -0.2) is 4.39 Å². The highest BCUT2D eigenvalue weighted by Gasteiger charge is 2.05. The van der Waals surface area contributed by atoms with Gasteiger partial charge in [-0.3, -0.25) is 4.98 Å². The smallest absolute Gasteiger partial charge is 0.123 e. The predicted molar refractivity (Wildman–Crippen MR) is 67.8 cm³/mol. The molecule has 0 fully saturated rings. The van der Waals surface area contributed by atoms with Gasteiger partial charge in [0.1, 0.15) is 5.82 Å². The number of hydrogen-bond acceptors (Lipinski definition) is 3. The molecule has 3 N–H and O–H groups in total. The van der Waals surface area contributed by atoms with Crippen LogP contribution in [0.5, 0.6) is 0 Å². The zero-order chi connectivity index (χ0) is 12.4. The average molecular weight is 231 g/mol. The molecule has 0 aliphatic rings. The van der Waals surface area contributed by atoms with E-state index in [4.69, 9.17) is 5.73 Å². The lowest BCUT2D eigenvalue weighted by Crippen LogP contribution is -2.01. The summed E-state index contributed by atoms with van der Waals surface area (Å²) in [4.78, 5) is 4.26. The van der Waals surface area contributed by atoms with Gasteiger partial charge in [-0.1, -0.05) is 0 Å². The number of nitrogens with two attached hydrogens (primary N) is 1. The number of pyridine rings is 1. The number of nitrogens with zero attached hydrogens (tertiary/aromatic N) is 1. The Labute approximate surface area is 99.5 Å². The summed E-state index contributed by atoms with van der Waals surface area (Å²) in [5, 5.41) is 3.15. The molecular weight excluding hydrogens is 217 g/mol. The Bertz CT molecular complexity index is 535. The molecule has 0 saturated carbocycles. The van der Waals surface area contributed by atoms with E-state index in [0.29, 0.717) is 5.69 Å². The standard InChI is InChI=1S/C13H14FN3/c1-8-7-12(13(15)9(2)16-8)17-11-5-3-10(14)4-6-11/h3-7H,15H2,1-2H3,(H,16,17). The lowest BCUT2D eigenvalue weighted by Gasteiger charge is -2.11. The third kappa shape index (κ3) is 2.53. The lowest BCUT2D eigenvalue weighted by atomic mass is 10.2. The van der Waals surface area contributed by atoms with Crippen LogP contribution >= 0.6 is 0 Å². The van der Waals surface area contributed by atoms with Crippen molar-refractivity contribution >= 4 is 17.1 Å². The van der Waals surface area contributed by atoms with Crippen LogP contribution in [-0.2, 0) is 0 Å². The van der Waals surface area contributed by atoms with Crippen LogP contribution in [0.1, 0.15) is 11.4 Å². The van der Waals surface area contributed by atoms with Crippen molar-refractivity contribution in [1.29, 1.82) is 0 Å². The second kappa shape index (κ2) is 4.41. The van der Waals surface area contributed by atoms with Gasteiger partial charge in [0, 0.05) is 11.4 Å². The summed E-state index contributed by atoms with van der Waals surface area (Å²) in [6, 6.07) is 8.00. The highest BCUT2D eigenvalue weighted by molar-refractivity contribution is 5.74. The first-order valence-electron chi connectivity index (χ1n) is 5.32. The molecule has 1 aromatic heterocycles. The number of nitrogen functional groups attached to an aromatic ring is 1. The molecule has 0 saturated heterocycles. The van der Waals surface area contributed by atoms with E-state index in [0.717, 1.165) is 22.8 Å². The van der Waals surface area contributed by atoms with E-state index in [9.17, 15) is 4.39 Å². The summed E-state index contributed by atoms with van der Waals surface area (Å²) in [5.74, 6) is -0.259. The van der Waals surface area contributed by atoms with E-state index in [1.165, 1.54) is 12.1 Å². The van der Waals surface area contributed by atoms with E-state index >= 15 is 0 Å². The van der Waals surface area contributed by atoms with Crippen molar-refractivity contribution in [2.75, 3.05) is 11.1 Å². The summed E-state index contributed by atoms with van der Waals surface area (Å²) < 4.78 is 12.8. The van der Waals surface area contributed by atoms with Gasteiger partial charge in [0.15, 0.2) is 0 Å². The molecule has 2 aromatic rings. The van der Waals surface area contributed by atoms with E-state index in [2.05, 4.69) is 10.3 Å². The molecule has 4 heteroatoms. The number of benzene rings is 1. The van der Waals surface area contributed by atoms with Gasteiger partial charge >= 0.3 is 0 Å². The maximum Gasteiger partial charge on any atom is 0.123 e. The maximum atomic E-state index is 12.8. The molecule has 0 unspecified atom stereocenters. The SMILES string of the molecule is Cc1cc(Nc2ccc(F)cc2)c(N)c(C)n1. The molecule has 0 bridgehead atoms. The first kappa shape index (κ1) is 11.4. The molecule has 0 aliphatic carbocycles. The zero-order valence-electron chi connectivity index (χ0n) is 9.79. The third-order valence-electron chi connectivity index (χ3n) is 2.50. The molecule has 0 atom stereocenters. The van der Waals surface area contributed by atoms with Gasteiger partial charge in [0.2, 0.25) is 0 Å². The molecule has 17 heavy (non-hydrogen) atoms. The molecule has 2 rings (SSSR count). The molecule has 0 spiro atoms. The van der Waals surface area contributed by atoms with Crippen LogP contribution < -0.4 is 11.1 Å². The third-order valence-corrected chi connectivity index (χ3v) is 2.50. The summed E-state index contributed by atoms with van der Waals surface area (Å²) in [6.07, 6.45) is 0. The highest BCUT2D eigenvalue weighted by atomic mass is 19.1. The van der Waals surface area contributed by atoms with E-state index in [1.807, 2.05) is 19.9 Å². The summed E-state index contributed by atoms with van der Waals surface area (Å²) in [6.45, 7) is 3.76. The molecular formula is C13H14FN3. The summed E-state index contributed by atoms with van der Waals surface area (Å²) >= 11 is 0. The monoisotopic (exact) mass is 231 g/mol. The number of halogens is 1. The van der Waals surface area contributed by atoms with E-state index in [1.54, 1.807) is 12.1 Å². The van der Waals surface area contributed by atoms with Gasteiger partial charge in [0.05, 0.1) is 17.1 Å². The Balaban J connectivity index is 2.32. The Morgan fingerprint density at radius 3 is 2.47 bits per heavy atom. The van der Waals surface area contributed by atoms with E-state index in [-0.39, 0.29) is 5.82 Å². The Kier molecular flexibility index (Phi) is 2.95. The van der Waals surface area contributed by atoms with Crippen LogP contribution in [0.15, 0.2) is 30.3 Å². The van der Waals surface area contributed by atoms with Gasteiger partial charge < -0.3 is 11.1 Å². The quantitative estimate of drug-likeness (QED) is 0.834. The number of aromatic nitrogens is 1. The van der Waals surface area contributed by atoms with Crippen molar-refractivity contribution in [1.82, 2.24) is 4.98 Å². The van der Waals surface area contributed by atoms with Crippen LogP contribution in [0.2, 0.25) is 0 Å². The Hall–Kier alpha value is -2.10. The van der Waals surface area contributed by atoms with Crippen LogP contribution in [0.4, 0.5) is 21.5 Å². The molecule has 0 amide bonds. The molecule has 1 heterocycles. The minimum absolute atomic E-state index is 0.259. The second-order valence-electron chi connectivity index (χ2n) is 3.94. The molecule has 0 aliphatic heterocycles. The zero-order valence-corrected chi connectivity index (χ0v) is 9.79. The van der Waals surface area contributed by atoms with Crippen molar-refractivity contribution in [3.05, 3.63) is 47.5 Å². The highest BCUT2D eigenvalue weighted by Crippen LogP contribution is 2.25. The van der Waals surface area contributed by atoms with Crippen LogP contribution in [0.25, 0.3) is 0 Å². The maximum absolute atomic E-state index is 12.8. The topological polar surface area (TPSA) is 50.9 Å². The average Bonchev–Trinajstić information content (AvgIpc) is 2.28. The second-order valence-corrected chi connectivity index (χ2v) is 3.94. The van der Waals surface area contributed by atoms with Crippen molar-refractivity contribution in [2.24, 2.45) is 0 Å². The molecule has 1 aromatic carbocycles. The number of hydrogen-bond donors (Lipinski definition) is 2. The van der Waals surface area contributed by atoms with Crippen LogP contribution in [0.3, 0.4) is 0 Å². The van der Waals surface area contributed by atoms with Crippen molar-refractivity contribution in [3.8, 4) is 0 Å². The molecule has 3 nitrogen and oxygen atoms in total. The summed E-state index contributed by atoms with van der Waals surface area (Å²) in [5.41, 5.74) is 9.81. The molecule has 88 valence electrons. The number of rotatable bonds is 2. The first-order chi connectivity index (χ1) is 8.06.